The predicted octanol–water partition coefficient (Wildman–Crippen LogP) is 1.34. The highest BCUT2D eigenvalue weighted by molar-refractivity contribution is 6.27. The van der Waals surface area contributed by atoms with Crippen molar-refractivity contribution in [1.29, 1.82) is 0 Å². The van der Waals surface area contributed by atoms with E-state index in [1.54, 1.807) is 0 Å². The van der Waals surface area contributed by atoms with Crippen LogP contribution in [0, 0.1) is 0 Å². The number of alkyl halides is 1. The van der Waals surface area contributed by atoms with Crippen LogP contribution in [0.15, 0.2) is 12.3 Å². The van der Waals surface area contributed by atoms with Gasteiger partial charge in [0.1, 0.15) is 0 Å². The van der Waals surface area contributed by atoms with Gasteiger partial charge in [-0.2, -0.15) is 0 Å². The van der Waals surface area contributed by atoms with Gasteiger partial charge in [-0.25, -0.2) is 0 Å². The maximum atomic E-state index is 10.5. The highest BCUT2D eigenvalue weighted by Crippen LogP contribution is 1.99. The fourth-order valence-corrected chi connectivity index (χ4v) is 0.434. The lowest BCUT2D eigenvalue weighted by Crippen LogP contribution is -2.00. The fraction of sp³-hybridized carbons (Fsp3) is 0.500. The first-order valence-corrected chi connectivity index (χ1v) is 3.03. The van der Waals surface area contributed by atoms with Crippen LogP contribution >= 0.6 is 11.6 Å². The smallest absolute Gasteiger partial charge is 0.155 e. The van der Waals surface area contributed by atoms with E-state index in [0.29, 0.717) is 5.76 Å². The number of halogens is 1. The minimum atomic E-state index is -0.0662. The van der Waals surface area contributed by atoms with Crippen LogP contribution in [0.5, 0.6) is 0 Å². The normalized spacial score (nSPS) is 8.67. The summed E-state index contributed by atoms with van der Waals surface area (Å²) in [7, 11) is 1.48. The Morgan fingerprint density at radius 1 is 1.78 bits per heavy atom. The second-order valence-electron chi connectivity index (χ2n) is 1.59. The number of carbonyl (C=O) groups excluding carboxylic acids is 1. The largest absolute Gasteiger partial charge is 0.501 e. The van der Waals surface area contributed by atoms with E-state index in [-0.39, 0.29) is 18.1 Å². The molecule has 0 N–H and O–H groups in total. The Bertz CT molecular complexity index is 106. The number of hydrogen-bond donors (Lipinski definition) is 0. The lowest BCUT2D eigenvalue weighted by molar-refractivity contribution is -0.116. The number of ether oxygens (including phenoxy) is 1. The zero-order valence-corrected chi connectivity index (χ0v) is 6.07. The number of methoxy groups -OCH3 is 1. The van der Waals surface area contributed by atoms with Crippen molar-refractivity contribution in [2.24, 2.45) is 0 Å². The molecule has 0 fully saturated rings. The molecule has 0 saturated carbocycles. The van der Waals surface area contributed by atoms with Crippen molar-refractivity contribution >= 4 is 17.4 Å². The van der Waals surface area contributed by atoms with Gasteiger partial charge in [0.25, 0.3) is 0 Å². The van der Waals surface area contributed by atoms with Gasteiger partial charge >= 0.3 is 0 Å². The minimum Gasteiger partial charge on any atom is -0.501 e. The molecule has 0 heterocycles. The number of rotatable bonds is 4. The summed E-state index contributed by atoms with van der Waals surface area (Å²) in [6, 6.07) is 0. The molecule has 2 nitrogen and oxygen atoms in total. The molecule has 0 rings (SSSR count). The summed E-state index contributed by atoms with van der Waals surface area (Å²) in [5.41, 5.74) is 0. The number of carbonyl (C=O) groups is 1. The van der Waals surface area contributed by atoms with Crippen molar-refractivity contribution in [3.8, 4) is 0 Å². The molecule has 0 amide bonds. The second kappa shape index (κ2) is 4.39. The Morgan fingerprint density at radius 3 is 2.67 bits per heavy atom. The number of hydrogen-bond acceptors (Lipinski definition) is 2. The maximum absolute atomic E-state index is 10.5. The van der Waals surface area contributed by atoms with Gasteiger partial charge in [-0.3, -0.25) is 4.79 Å². The molecule has 0 aliphatic carbocycles. The van der Waals surface area contributed by atoms with Gasteiger partial charge in [-0.15, -0.1) is 11.6 Å². The molecular formula is C6H9ClO2. The van der Waals surface area contributed by atoms with Crippen molar-refractivity contribution in [1.82, 2.24) is 0 Å². The Morgan fingerprint density at radius 2 is 2.33 bits per heavy atom. The lowest BCUT2D eigenvalue weighted by atomic mass is 10.3. The predicted molar refractivity (Wildman–Crippen MR) is 36.5 cm³/mol. The van der Waals surface area contributed by atoms with Crippen molar-refractivity contribution in [2.45, 2.75) is 6.42 Å². The van der Waals surface area contributed by atoms with Crippen molar-refractivity contribution in [3.05, 3.63) is 12.3 Å². The van der Waals surface area contributed by atoms with Crippen molar-refractivity contribution < 1.29 is 9.53 Å². The van der Waals surface area contributed by atoms with Gasteiger partial charge in [0.15, 0.2) is 5.78 Å². The molecule has 0 aromatic rings. The van der Waals surface area contributed by atoms with Crippen LogP contribution < -0.4 is 0 Å². The quantitative estimate of drug-likeness (QED) is 0.444. The fourth-order valence-electron chi connectivity index (χ4n) is 0.339. The topological polar surface area (TPSA) is 26.3 Å². The average Bonchev–Trinajstić information content (AvgIpc) is 1.87. The summed E-state index contributed by atoms with van der Waals surface area (Å²) in [5.74, 6) is 0.423. The van der Waals surface area contributed by atoms with Crippen LogP contribution in [0.4, 0.5) is 0 Å². The Kier molecular flexibility index (Phi) is 4.14. The summed E-state index contributed by atoms with van der Waals surface area (Å²) in [6.07, 6.45) is 0.222. The third-order valence-corrected chi connectivity index (χ3v) is 1.13. The van der Waals surface area contributed by atoms with Crippen LogP contribution in [0.3, 0.4) is 0 Å². The van der Waals surface area contributed by atoms with Gasteiger partial charge in [-0.1, -0.05) is 6.58 Å². The molecule has 0 aromatic heterocycles. The van der Waals surface area contributed by atoms with E-state index in [0.717, 1.165) is 0 Å². The summed E-state index contributed by atoms with van der Waals surface area (Å²) < 4.78 is 4.65. The Hall–Kier alpha value is -0.500. The van der Waals surface area contributed by atoms with E-state index in [1.807, 2.05) is 0 Å². The molecule has 0 unspecified atom stereocenters. The van der Waals surface area contributed by atoms with Crippen LogP contribution in [-0.2, 0) is 9.53 Å². The van der Waals surface area contributed by atoms with E-state index >= 15 is 0 Å². The molecule has 0 aliphatic rings. The van der Waals surface area contributed by atoms with E-state index in [2.05, 4.69) is 11.3 Å². The summed E-state index contributed by atoms with van der Waals surface area (Å²) in [4.78, 5) is 10.5. The molecule has 0 radical (unpaired) electrons. The van der Waals surface area contributed by atoms with Gasteiger partial charge < -0.3 is 4.74 Å². The standard InChI is InChI=1S/C6H9ClO2/c1-5(9-2)3-6(8)4-7/h1,3-4H2,2H3. The molecule has 0 aromatic carbocycles. The minimum absolute atomic E-state index is 0.0301. The number of Topliss-reactive ketones (excluding diaryl/α,β-unsaturated/α-hetero) is 1. The summed E-state index contributed by atoms with van der Waals surface area (Å²) in [5, 5.41) is 0. The van der Waals surface area contributed by atoms with E-state index in [4.69, 9.17) is 11.6 Å². The van der Waals surface area contributed by atoms with Crippen LogP contribution in [0.1, 0.15) is 6.42 Å². The monoisotopic (exact) mass is 148 g/mol. The van der Waals surface area contributed by atoms with Crippen molar-refractivity contribution in [3.63, 3.8) is 0 Å². The van der Waals surface area contributed by atoms with Crippen LogP contribution in [0.2, 0.25) is 0 Å². The zero-order valence-electron chi connectivity index (χ0n) is 5.32. The molecule has 9 heavy (non-hydrogen) atoms. The molecule has 0 bridgehead atoms. The molecule has 3 heteroatoms. The molecule has 0 atom stereocenters. The van der Waals surface area contributed by atoms with Gasteiger partial charge in [0.05, 0.1) is 25.2 Å². The number of allylic oxidation sites excluding steroid dienone is 1. The first-order chi connectivity index (χ1) is 4.20. The Balaban J connectivity index is 3.47. The zero-order chi connectivity index (χ0) is 7.28. The van der Waals surface area contributed by atoms with Crippen molar-refractivity contribution in [2.75, 3.05) is 13.0 Å². The van der Waals surface area contributed by atoms with Gasteiger partial charge in [0, 0.05) is 0 Å². The van der Waals surface area contributed by atoms with Gasteiger partial charge in [-0.05, 0) is 0 Å². The van der Waals surface area contributed by atoms with Crippen LogP contribution in [0.25, 0.3) is 0 Å². The third kappa shape index (κ3) is 4.03. The second-order valence-corrected chi connectivity index (χ2v) is 1.86. The highest BCUT2D eigenvalue weighted by atomic mass is 35.5. The molecule has 0 spiro atoms. The van der Waals surface area contributed by atoms with E-state index < -0.39 is 0 Å². The summed E-state index contributed by atoms with van der Waals surface area (Å²) >= 11 is 5.21. The highest BCUT2D eigenvalue weighted by Gasteiger charge is 2.00. The van der Waals surface area contributed by atoms with E-state index in [9.17, 15) is 4.79 Å². The van der Waals surface area contributed by atoms with E-state index in [1.165, 1.54) is 7.11 Å². The molecule has 0 aliphatic heterocycles. The summed E-state index contributed by atoms with van der Waals surface area (Å²) in [6.45, 7) is 3.46. The third-order valence-electron chi connectivity index (χ3n) is 0.832. The lowest BCUT2D eigenvalue weighted by Gasteiger charge is -1.99. The molecule has 0 saturated heterocycles. The Labute approximate surface area is 59.5 Å². The SMILES string of the molecule is C=C(CC(=O)CCl)OC. The maximum Gasteiger partial charge on any atom is 0.155 e. The van der Waals surface area contributed by atoms with Gasteiger partial charge in [0.2, 0.25) is 0 Å². The average molecular weight is 149 g/mol. The first kappa shape index (κ1) is 8.50. The first-order valence-electron chi connectivity index (χ1n) is 2.50. The van der Waals surface area contributed by atoms with Crippen LogP contribution in [-0.4, -0.2) is 18.8 Å². The number of ketones is 1. The molecule has 52 valence electrons. The molecular weight excluding hydrogens is 140 g/mol.